The van der Waals surface area contributed by atoms with E-state index in [1.54, 1.807) is 0 Å². The van der Waals surface area contributed by atoms with Crippen LogP contribution in [0.25, 0.3) is 0 Å². The van der Waals surface area contributed by atoms with E-state index in [9.17, 15) is 8.42 Å². The molecule has 1 N–H and O–H groups in total. The SMILES string of the molecule is CCC(C)CCCCCCC(C)COS(=O)(=O)O. The van der Waals surface area contributed by atoms with Gasteiger partial charge in [-0.2, -0.15) is 8.42 Å². The molecular weight excluding hydrogens is 252 g/mol. The molecule has 0 fully saturated rings. The van der Waals surface area contributed by atoms with Gasteiger partial charge in [0, 0.05) is 0 Å². The predicted octanol–water partition coefficient (Wildman–Crippen LogP) is 3.83. The van der Waals surface area contributed by atoms with Crippen LogP contribution in [0.15, 0.2) is 0 Å². The lowest BCUT2D eigenvalue weighted by Gasteiger charge is -2.10. The second-order valence-corrected chi connectivity index (χ2v) is 6.41. The summed E-state index contributed by atoms with van der Waals surface area (Å²) in [4.78, 5) is 0. The van der Waals surface area contributed by atoms with Crippen molar-refractivity contribution in [3.05, 3.63) is 0 Å². The first kappa shape index (κ1) is 17.9. The topological polar surface area (TPSA) is 63.6 Å². The van der Waals surface area contributed by atoms with Gasteiger partial charge < -0.3 is 0 Å². The zero-order chi connectivity index (χ0) is 14.0. The maximum absolute atomic E-state index is 10.4. The first-order valence-electron chi connectivity index (χ1n) is 6.97. The fourth-order valence-corrected chi connectivity index (χ4v) is 2.23. The molecule has 2 unspecified atom stereocenters. The van der Waals surface area contributed by atoms with Crippen LogP contribution in [-0.2, 0) is 14.6 Å². The van der Waals surface area contributed by atoms with E-state index < -0.39 is 10.4 Å². The second-order valence-electron chi connectivity index (χ2n) is 5.32. The Morgan fingerprint density at radius 1 is 1.00 bits per heavy atom. The zero-order valence-corrected chi connectivity index (χ0v) is 12.7. The highest BCUT2D eigenvalue weighted by atomic mass is 32.3. The Balaban J connectivity index is 3.38. The van der Waals surface area contributed by atoms with Crippen molar-refractivity contribution < 1.29 is 17.2 Å². The van der Waals surface area contributed by atoms with E-state index in [2.05, 4.69) is 18.0 Å². The lowest BCUT2D eigenvalue weighted by molar-refractivity contribution is 0.222. The van der Waals surface area contributed by atoms with Crippen LogP contribution >= 0.6 is 0 Å². The molecule has 0 aliphatic rings. The van der Waals surface area contributed by atoms with Gasteiger partial charge in [-0.3, -0.25) is 4.55 Å². The Hall–Kier alpha value is -0.130. The smallest absolute Gasteiger partial charge is 0.264 e. The molecule has 0 bridgehead atoms. The van der Waals surface area contributed by atoms with Crippen molar-refractivity contribution >= 4 is 10.4 Å². The predicted molar refractivity (Wildman–Crippen MR) is 73.8 cm³/mol. The van der Waals surface area contributed by atoms with E-state index in [0.717, 1.165) is 18.8 Å². The van der Waals surface area contributed by atoms with E-state index in [0.29, 0.717) is 0 Å². The van der Waals surface area contributed by atoms with E-state index in [4.69, 9.17) is 4.55 Å². The summed E-state index contributed by atoms with van der Waals surface area (Å²) in [5.74, 6) is 0.994. The summed E-state index contributed by atoms with van der Waals surface area (Å²) < 4.78 is 33.5. The summed E-state index contributed by atoms with van der Waals surface area (Å²) in [5.41, 5.74) is 0. The summed E-state index contributed by atoms with van der Waals surface area (Å²) >= 11 is 0. The molecule has 0 aromatic heterocycles. The van der Waals surface area contributed by atoms with Crippen molar-refractivity contribution in [2.45, 2.75) is 65.7 Å². The third kappa shape index (κ3) is 12.3. The minimum absolute atomic E-state index is 0.0751. The van der Waals surface area contributed by atoms with Crippen LogP contribution in [0.4, 0.5) is 0 Å². The van der Waals surface area contributed by atoms with Crippen LogP contribution in [0, 0.1) is 11.8 Å². The summed E-state index contributed by atoms with van der Waals surface area (Å²) in [6.07, 6.45) is 8.31. The number of rotatable bonds is 11. The van der Waals surface area contributed by atoms with Crippen LogP contribution in [0.1, 0.15) is 65.7 Å². The Kier molecular flexibility index (Phi) is 9.68. The number of unbranched alkanes of at least 4 members (excludes halogenated alkanes) is 3. The van der Waals surface area contributed by atoms with Crippen LogP contribution in [0.2, 0.25) is 0 Å². The van der Waals surface area contributed by atoms with E-state index in [1.807, 2.05) is 6.92 Å². The minimum Gasteiger partial charge on any atom is -0.264 e. The molecule has 5 heteroatoms. The fourth-order valence-electron chi connectivity index (χ4n) is 1.83. The third-order valence-electron chi connectivity index (χ3n) is 3.34. The molecule has 2 atom stereocenters. The fraction of sp³-hybridized carbons (Fsp3) is 1.00. The maximum atomic E-state index is 10.4. The monoisotopic (exact) mass is 280 g/mol. The largest absolute Gasteiger partial charge is 0.397 e. The van der Waals surface area contributed by atoms with Gasteiger partial charge in [0.15, 0.2) is 0 Å². The average Bonchev–Trinajstić information content (AvgIpc) is 2.29. The van der Waals surface area contributed by atoms with E-state index in [1.165, 1.54) is 32.1 Å². The Morgan fingerprint density at radius 3 is 1.94 bits per heavy atom. The van der Waals surface area contributed by atoms with E-state index >= 15 is 0 Å². The van der Waals surface area contributed by atoms with Gasteiger partial charge in [-0.05, 0) is 18.3 Å². The quantitative estimate of drug-likeness (QED) is 0.461. The highest BCUT2D eigenvalue weighted by Gasteiger charge is 2.09. The van der Waals surface area contributed by atoms with Gasteiger partial charge in [0.25, 0.3) is 0 Å². The van der Waals surface area contributed by atoms with Crippen molar-refractivity contribution in [3.63, 3.8) is 0 Å². The molecule has 0 heterocycles. The van der Waals surface area contributed by atoms with Crippen molar-refractivity contribution in [3.8, 4) is 0 Å². The highest BCUT2D eigenvalue weighted by Crippen LogP contribution is 2.15. The van der Waals surface area contributed by atoms with Gasteiger partial charge in [0.1, 0.15) is 0 Å². The molecule has 0 rings (SSSR count). The molecule has 0 aromatic carbocycles. The third-order valence-corrected chi connectivity index (χ3v) is 3.78. The second kappa shape index (κ2) is 9.75. The standard InChI is InChI=1S/C13H28O4S/c1-4-12(2)9-7-5-6-8-10-13(3)11-17-18(14,15)16/h12-13H,4-11H2,1-3H3,(H,14,15,16). The van der Waals surface area contributed by atoms with Gasteiger partial charge in [-0.1, -0.05) is 59.3 Å². The molecule has 0 radical (unpaired) electrons. The molecule has 0 saturated carbocycles. The highest BCUT2D eigenvalue weighted by molar-refractivity contribution is 7.80. The normalized spacial score (nSPS) is 15.6. The molecule has 0 aromatic rings. The molecule has 0 aliphatic heterocycles. The summed E-state index contributed by atoms with van der Waals surface area (Å²) in [6.45, 7) is 6.52. The molecule has 0 saturated heterocycles. The molecule has 110 valence electrons. The Morgan fingerprint density at radius 2 is 1.50 bits per heavy atom. The van der Waals surface area contributed by atoms with Gasteiger partial charge >= 0.3 is 10.4 Å². The van der Waals surface area contributed by atoms with Gasteiger partial charge in [-0.25, -0.2) is 4.18 Å². The maximum Gasteiger partial charge on any atom is 0.397 e. The van der Waals surface area contributed by atoms with E-state index in [-0.39, 0.29) is 12.5 Å². The van der Waals surface area contributed by atoms with Gasteiger partial charge in [0.2, 0.25) is 0 Å². The summed E-state index contributed by atoms with van der Waals surface area (Å²) in [7, 11) is -4.27. The lowest BCUT2D eigenvalue weighted by Crippen LogP contribution is -2.11. The molecule has 0 amide bonds. The van der Waals surface area contributed by atoms with Crippen LogP contribution < -0.4 is 0 Å². The average molecular weight is 280 g/mol. The molecule has 18 heavy (non-hydrogen) atoms. The Bertz CT molecular complexity index is 287. The number of hydrogen-bond acceptors (Lipinski definition) is 3. The van der Waals surface area contributed by atoms with Crippen LogP contribution in [-0.4, -0.2) is 19.6 Å². The molecular formula is C13H28O4S. The zero-order valence-electron chi connectivity index (χ0n) is 11.9. The first-order chi connectivity index (χ1) is 8.35. The minimum atomic E-state index is -4.27. The lowest BCUT2D eigenvalue weighted by atomic mass is 9.98. The Labute approximate surface area is 112 Å². The first-order valence-corrected chi connectivity index (χ1v) is 8.33. The number of hydrogen-bond donors (Lipinski definition) is 1. The van der Waals surface area contributed by atoms with Crippen molar-refractivity contribution in [1.82, 2.24) is 0 Å². The van der Waals surface area contributed by atoms with Crippen LogP contribution in [0.3, 0.4) is 0 Å². The van der Waals surface area contributed by atoms with Crippen molar-refractivity contribution in [2.24, 2.45) is 11.8 Å². The van der Waals surface area contributed by atoms with Gasteiger partial charge in [-0.15, -0.1) is 0 Å². The summed E-state index contributed by atoms with van der Waals surface area (Å²) in [6, 6.07) is 0. The summed E-state index contributed by atoms with van der Waals surface area (Å²) in [5, 5.41) is 0. The van der Waals surface area contributed by atoms with Crippen LogP contribution in [0.5, 0.6) is 0 Å². The van der Waals surface area contributed by atoms with Gasteiger partial charge in [0.05, 0.1) is 6.61 Å². The molecule has 0 aliphatic carbocycles. The molecule has 0 spiro atoms. The van der Waals surface area contributed by atoms with Crippen molar-refractivity contribution in [1.29, 1.82) is 0 Å². The van der Waals surface area contributed by atoms with Crippen molar-refractivity contribution in [2.75, 3.05) is 6.61 Å². The molecule has 4 nitrogen and oxygen atoms in total.